The Hall–Kier alpha value is -1.44. The van der Waals surface area contributed by atoms with Crippen LogP contribution >= 0.6 is 0 Å². The second kappa shape index (κ2) is 6.13. The Morgan fingerprint density at radius 3 is 2.71 bits per heavy atom. The number of sulfonamides is 1. The van der Waals surface area contributed by atoms with Gasteiger partial charge in [0.2, 0.25) is 10.0 Å². The Balaban J connectivity index is 2.31. The summed E-state index contributed by atoms with van der Waals surface area (Å²) in [7, 11) is -3.80. The van der Waals surface area contributed by atoms with Crippen LogP contribution in [0.4, 0.5) is 0 Å². The lowest BCUT2D eigenvalue weighted by atomic mass is 10.1. The van der Waals surface area contributed by atoms with Gasteiger partial charge >= 0.3 is 5.97 Å². The molecule has 0 saturated heterocycles. The Morgan fingerprint density at radius 1 is 1.38 bits per heavy atom. The van der Waals surface area contributed by atoms with Gasteiger partial charge in [-0.15, -0.1) is 0 Å². The molecule has 0 bridgehead atoms. The van der Waals surface area contributed by atoms with Crippen molar-refractivity contribution in [2.75, 3.05) is 6.61 Å². The Kier molecular flexibility index (Phi) is 4.65. The fourth-order valence-corrected chi connectivity index (χ4v) is 4.31. The molecule has 116 valence electrons. The van der Waals surface area contributed by atoms with Crippen molar-refractivity contribution in [3.05, 3.63) is 29.3 Å². The van der Waals surface area contributed by atoms with Crippen LogP contribution in [0.15, 0.2) is 23.1 Å². The first-order valence-corrected chi connectivity index (χ1v) is 8.30. The van der Waals surface area contributed by atoms with Crippen molar-refractivity contribution >= 4 is 16.0 Å². The lowest BCUT2D eigenvalue weighted by Gasteiger charge is -2.19. The highest BCUT2D eigenvalue weighted by molar-refractivity contribution is 7.89. The number of carboxylic acid groups (broad SMARTS) is 1. The second-order valence-corrected chi connectivity index (χ2v) is 7.07. The summed E-state index contributed by atoms with van der Waals surface area (Å²) in [6.07, 6.45) is 2.34. The molecular weight excluding hydrogens is 294 g/mol. The number of aryl methyl sites for hydroxylation is 1. The van der Waals surface area contributed by atoms with Gasteiger partial charge in [0.05, 0.1) is 10.5 Å². The van der Waals surface area contributed by atoms with Crippen molar-refractivity contribution in [2.45, 2.75) is 37.1 Å². The smallest absolute Gasteiger partial charge is 0.335 e. The van der Waals surface area contributed by atoms with Crippen LogP contribution in [0.2, 0.25) is 0 Å². The van der Waals surface area contributed by atoms with Crippen LogP contribution in [0.1, 0.15) is 35.2 Å². The van der Waals surface area contributed by atoms with Gasteiger partial charge in [0.25, 0.3) is 0 Å². The van der Waals surface area contributed by atoms with Gasteiger partial charge in [-0.2, -0.15) is 0 Å². The third-order valence-corrected chi connectivity index (χ3v) is 5.56. The first-order chi connectivity index (χ1) is 9.85. The SMILES string of the molecule is Cc1ccc(C(=O)O)cc1S(=O)(=O)NC1CCCC1CO. The molecule has 0 heterocycles. The van der Waals surface area contributed by atoms with E-state index < -0.39 is 16.0 Å². The van der Waals surface area contributed by atoms with Gasteiger partial charge < -0.3 is 10.2 Å². The van der Waals surface area contributed by atoms with Crippen molar-refractivity contribution in [3.8, 4) is 0 Å². The fraction of sp³-hybridized carbons (Fsp3) is 0.500. The van der Waals surface area contributed by atoms with Crippen molar-refractivity contribution in [1.82, 2.24) is 4.72 Å². The maximum atomic E-state index is 12.5. The number of aromatic carboxylic acids is 1. The standard InChI is InChI=1S/C14H19NO5S/c1-9-5-6-10(14(17)18)7-13(9)21(19,20)15-12-4-2-3-11(12)8-16/h5-7,11-12,15-16H,2-4,8H2,1H3,(H,17,18). The predicted molar refractivity (Wildman–Crippen MR) is 76.7 cm³/mol. The molecule has 1 aliphatic carbocycles. The van der Waals surface area contributed by atoms with Gasteiger partial charge in [0, 0.05) is 12.6 Å². The van der Waals surface area contributed by atoms with Crippen LogP contribution < -0.4 is 4.72 Å². The number of nitrogens with one attached hydrogen (secondary N) is 1. The number of carboxylic acids is 1. The van der Waals surface area contributed by atoms with Crippen LogP contribution in [0.5, 0.6) is 0 Å². The molecule has 7 heteroatoms. The number of benzene rings is 1. The van der Waals surface area contributed by atoms with E-state index in [1.54, 1.807) is 6.92 Å². The van der Waals surface area contributed by atoms with Gasteiger partial charge in [-0.1, -0.05) is 12.5 Å². The summed E-state index contributed by atoms with van der Waals surface area (Å²) in [6.45, 7) is 1.57. The summed E-state index contributed by atoms with van der Waals surface area (Å²) in [5, 5.41) is 18.2. The van der Waals surface area contributed by atoms with Crippen LogP contribution in [0.25, 0.3) is 0 Å². The van der Waals surface area contributed by atoms with Crippen LogP contribution in [-0.4, -0.2) is 37.2 Å². The minimum absolute atomic E-state index is 0.0222. The highest BCUT2D eigenvalue weighted by Gasteiger charge is 2.31. The third kappa shape index (κ3) is 3.42. The third-order valence-electron chi connectivity index (χ3n) is 3.92. The van der Waals surface area contributed by atoms with E-state index in [-0.39, 0.29) is 29.0 Å². The Bertz CT molecular complexity index is 641. The number of hydrogen-bond acceptors (Lipinski definition) is 4. The van der Waals surface area contributed by atoms with E-state index in [1.165, 1.54) is 18.2 Å². The molecule has 1 fully saturated rings. The number of rotatable bonds is 5. The quantitative estimate of drug-likeness (QED) is 0.756. The molecule has 0 aromatic heterocycles. The fourth-order valence-electron chi connectivity index (χ4n) is 2.70. The molecule has 2 unspecified atom stereocenters. The van der Waals surface area contributed by atoms with Gasteiger partial charge in [-0.25, -0.2) is 17.9 Å². The van der Waals surface area contributed by atoms with Gasteiger partial charge in [0.15, 0.2) is 0 Å². The summed E-state index contributed by atoms with van der Waals surface area (Å²) >= 11 is 0. The summed E-state index contributed by atoms with van der Waals surface area (Å²) in [5.74, 6) is -1.25. The van der Waals surface area contributed by atoms with E-state index in [2.05, 4.69) is 4.72 Å². The molecule has 3 N–H and O–H groups in total. The Morgan fingerprint density at radius 2 is 2.10 bits per heavy atom. The predicted octanol–water partition coefficient (Wildman–Crippen LogP) is 1.13. The molecule has 6 nitrogen and oxygen atoms in total. The first-order valence-electron chi connectivity index (χ1n) is 6.82. The summed E-state index contributed by atoms with van der Waals surface area (Å²) in [4.78, 5) is 11.0. The van der Waals surface area contributed by atoms with Crippen LogP contribution in [-0.2, 0) is 10.0 Å². The zero-order valence-electron chi connectivity index (χ0n) is 11.7. The Labute approximate surface area is 123 Å². The number of carbonyl (C=O) groups is 1. The lowest BCUT2D eigenvalue weighted by Crippen LogP contribution is -2.38. The minimum atomic E-state index is -3.80. The average Bonchev–Trinajstić information content (AvgIpc) is 2.85. The van der Waals surface area contributed by atoms with E-state index in [1.807, 2.05) is 0 Å². The highest BCUT2D eigenvalue weighted by atomic mass is 32.2. The second-order valence-electron chi connectivity index (χ2n) is 5.39. The summed E-state index contributed by atoms with van der Waals surface area (Å²) in [6, 6.07) is 3.73. The molecule has 0 radical (unpaired) electrons. The largest absolute Gasteiger partial charge is 0.478 e. The van der Waals surface area contributed by atoms with E-state index in [0.29, 0.717) is 12.0 Å². The number of hydrogen-bond donors (Lipinski definition) is 3. The van der Waals surface area contributed by atoms with Gasteiger partial charge in [-0.05, 0) is 43.4 Å². The minimum Gasteiger partial charge on any atom is -0.478 e. The van der Waals surface area contributed by atoms with Crippen molar-refractivity contribution < 1.29 is 23.4 Å². The zero-order chi connectivity index (χ0) is 15.6. The molecule has 1 saturated carbocycles. The maximum absolute atomic E-state index is 12.5. The molecule has 0 aliphatic heterocycles. The molecule has 1 aromatic rings. The van der Waals surface area contributed by atoms with Crippen LogP contribution in [0.3, 0.4) is 0 Å². The lowest BCUT2D eigenvalue weighted by molar-refractivity contribution is 0.0696. The van der Waals surface area contributed by atoms with E-state index in [9.17, 15) is 18.3 Å². The highest BCUT2D eigenvalue weighted by Crippen LogP contribution is 2.27. The van der Waals surface area contributed by atoms with Gasteiger partial charge in [0.1, 0.15) is 0 Å². The van der Waals surface area contributed by atoms with E-state index >= 15 is 0 Å². The van der Waals surface area contributed by atoms with Crippen LogP contribution in [0, 0.1) is 12.8 Å². The van der Waals surface area contributed by atoms with E-state index in [0.717, 1.165) is 12.8 Å². The molecule has 0 spiro atoms. The number of aliphatic hydroxyl groups excluding tert-OH is 1. The van der Waals surface area contributed by atoms with Crippen molar-refractivity contribution in [1.29, 1.82) is 0 Å². The summed E-state index contributed by atoms with van der Waals surface area (Å²) < 4.78 is 27.5. The molecule has 2 atom stereocenters. The van der Waals surface area contributed by atoms with Crippen molar-refractivity contribution in [2.24, 2.45) is 5.92 Å². The molecule has 0 amide bonds. The van der Waals surface area contributed by atoms with Crippen molar-refractivity contribution in [3.63, 3.8) is 0 Å². The maximum Gasteiger partial charge on any atom is 0.335 e. The zero-order valence-corrected chi connectivity index (χ0v) is 12.6. The summed E-state index contributed by atoms with van der Waals surface area (Å²) in [5.41, 5.74) is 0.428. The monoisotopic (exact) mass is 313 g/mol. The molecule has 1 aliphatic rings. The molecule has 21 heavy (non-hydrogen) atoms. The average molecular weight is 313 g/mol. The normalized spacial score (nSPS) is 22.4. The topological polar surface area (TPSA) is 104 Å². The number of aliphatic hydroxyl groups is 1. The first kappa shape index (κ1) is 15.9. The van der Waals surface area contributed by atoms with E-state index in [4.69, 9.17) is 5.11 Å². The molecule has 2 rings (SSSR count). The molecule has 1 aromatic carbocycles. The molecular formula is C14H19NO5S. The van der Waals surface area contributed by atoms with Gasteiger partial charge in [-0.3, -0.25) is 0 Å².